The van der Waals surface area contributed by atoms with Crippen molar-refractivity contribution < 1.29 is 4.79 Å². The minimum absolute atomic E-state index is 0. The molecule has 21 heavy (non-hydrogen) atoms. The van der Waals surface area contributed by atoms with Gasteiger partial charge in [0.15, 0.2) is 0 Å². The number of pyridine rings is 1. The van der Waals surface area contributed by atoms with E-state index in [1.165, 1.54) is 0 Å². The number of hydrogen-bond acceptors (Lipinski definition) is 4. The molecule has 0 spiro atoms. The molecule has 0 aliphatic heterocycles. The van der Waals surface area contributed by atoms with E-state index in [9.17, 15) is 4.79 Å². The van der Waals surface area contributed by atoms with Gasteiger partial charge < -0.3 is 16.4 Å². The first-order valence-corrected chi connectivity index (χ1v) is 6.79. The molecule has 5 nitrogen and oxygen atoms in total. The lowest BCUT2D eigenvalue weighted by Gasteiger charge is -2.15. The maximum Gasteiger partial charge on any atom is 0.224 e. The molecular weight excluding hydrogens is 311 g/mol. The molecule has 122 valence electrons. The number of nitrogens with one attached hydrogen (secondary N) is 2. The molecule has 0 saturated heterocycles. The molecule has 1 rings (SSSR count). The number of rotatable bonds is 8. The van der Waals surface area contributed by atoms with Crippen molar-refractivity contribution in [3.8, 4) is 0 Å². The van der Waals surface area contributed by atoms with Crippen molar-refractivity contribution in [2.75, 3.05) is 18.4 Å². The molecule has 7 heteroatoms. The highest BCUT2D eigenvalue weighted by Crippen LogP contribution is 2.01. The van der Waals surface area contributed by atoms with Crippen LogP contribution >= 0.6 is 24.8 Å². The number of anilines is 1. The van der Waals surface area contributed by atoms with Gasteiger partial charge in [-0.15, -0.1) is 24.8 Å². The number of carbonyl (C=O) groups excluding carboxylic acids is 1. The summed E-state index contributed by atoms with van der Waals surface area (Å²) in [5.74, 6) is 0.788. The Morgan fingerprint density at radius 3 is 2.48 bits per heavy atom. The number of aromatic nitrogens is 1. The molecule has 2 atom stereocenters. The fourth-order valence-electron chi connectivity index (χ4n) is 1.55. The smallest absolute Gasteiger partial charge is 0.224 e. The van der Waals surface area contributed by atoms with Crippen LogP contribution in [-0.4, -0.2) is 30.0 Å². The average Bonchev–Trinajstić information content (AvgIpc) is 2.42. The Bertz CT molecular complexity index is 376. The third-order valence-corrected chi connectivity index (χ3v) is 3.08. The van der Waals surface area contributed by atoms with E-state index < -0.39 is 0 Å². The molecule has 0 aromatic carbocycles. The topological polar surface area (TPSA) is 80.0 Å². The van der Waals surface area contributed by atoms with E-state index in [1.807, 2.05) is 32.0 Å². The summed E-state index contributed by atoms with van der Waals surface area (Å²) in [4.78, 5) is 15.8. The lowest BCUT2D eigenvalue weighted by atomic mass is 10.0. The summed E-state index contributed by atoms with van der Waals surface area (Å²) >= 11 is 0. The summed E-state index contributed by atoms with van der Waals surface area (Å²) in [7, 11) is 0. The van der Waals surface area contributed by atoms with Gasteiger partial charge in [0.25, 0.3) is 0 Å². The van der Waals surface area contributed by atoms with Crippen molar-refractivity contribution >= 4 is 36.5 Å². The molecule has 1 aromatic heterocycles. The van der Waals surface area contributed by atoms with E-state index in [4.69, 9.17) is 5.73 Å². The zero-order chi connectivity index (χ0) is 14.1. The van der Waals surface area contributed by atoms with Gasteiger partial charge in [0, 0.05) is 31.2 Å². The molecule has 1 amide bonds. The van der Waals surface area contributed by atoms with Crippen LogP contribution in [0.1, 0.15) is 26.7 Å². The second-order valence-corrected chi connectivity index (χ2v) is 4.79. The van der Waals surface area contributed by atoms with E-state index in [-0.39, 0.29) is 42.7 Å². The summed E-state index contributed by atoms with van der Waals surface area (Å²) in [6, 6.07) is 5.67. The monoisotopic (exact) mass is 336 g/mol. The lowest BCUT2D eigenvalue weighted by Crippen LogP contribution is -2.38. The first kappa shape index (κ1) is 22.2. The number of amides is 1. The molecule has 0 bridgehead atoms. The van der Waals surface area contributed by atoms with Crippen LogP contribution < -0.4 is 16.4 Å². The van der Waals surface area contributed by atoms with Crippen LogP contribution in [0.5, 0.6) is 0 Å². The van der Waals surface area contributed by atoms with E-state index in [2.05, 4.69) is 15.6 Å². The predicted octanol–water partition coefficient (Wildman–Crippen LogP) is 2.22. The van der Waals surface area contributed by atoms with E-state index in [0.717, 1.165) is 25.2 Å². The fourth-order valence-corrected chi connectivity index (χ4v) is 1.55. The Balaban J connectivity index is 0. The largest absolute Gasteiger partial charge is 0.370 e. The third kappa shape index (κ3) is 9.50. The molecule has 0 radical (unpaired) electrons. The summed E-state index contributed by atoms with van der Waals surface area (Å²) in [6.45, 7) is 5.25. The number of carbonyl (C=O) groups is 1. The lowest BCUT2D eigenvalue weighted by molar-refractivity contribution is -0.124. The Hall–Kier alpha value is -1.04. The molecule has 1 heterocycles. The first-order valence-electron chi connectivity index (χ1n) is 6.79. The van der Waals surface area contributed by atoms with Crippen LogP contribution in [0.25, 0.3) is 0 Å². The van der Waals surface area contributed by atoms with Gasteiger partial charge in [-0.2, -0.15) is 0 Å². The second-order valence-electron chi connectivity index (χ2n) is 4.79. The summed E-state index contributed by atoms with van der Waals surface area (Å²) in [5.41, 5.74) is 5.68. The summed E-state index contributed by atoms with van der Waals surface area (Å²) in [5, 5.41) is 6.13. The third-order valence-electron chi connectivity index (χ3n) is 3.08. The van der Waals surface area contributed by atoms with Gasteiger partial charge in [0.1, 0.15) is 5.82 Å². The second kappa shape index (κ2) is 12.7. The molecule has 0 aliphatic carbocycles. The zero-order valence-corrected chi connectivity index (χ0v) is 14.2. The Morgan fingerprint density at radius 1 is 1.24 bits per heavy atom. The van der Waals surface area contributed by atoms with Gasteiger partial charge in [-0.3, -0.25) is 4.79 Å². The summed E-state index contributed by atoms with van der Waals surface area (Å²) in [6.07, 6.45) is 3.69. The maximum atomic E-state index is 11.6. The Labute approximate surface area is 139 Å². The van der Waals surface area contributed by atoms with Crippen LogP contribution in [0, 0.1) is 5.92 Å². The van der Waals surface area contributed by atoms with Gasteiger partial charge in [0.2, 0.25) is 5.91 Å². The summed E-state index contributed by atoms with van der Waals surface area (Å²) < 4.78 is 0. The van der Waals surface area contributed by atoms with Crippen molar-refractivity contribution in [3.63, 3.8) is 0 Å². The number of nitrogens with zero attached hydrogens (tertiary/aromatic N) is 1. The van der Waals surface area contributed by atoms with Crippen LogP contribution in [-0.2, 0) is 4.79 Å². The normalized spacial score (nSPS) is 12.3. The molecule has 1 aromatic rings. The van der Waals surface area contributed by atoms with Crippen molar-refractivity contribution in [3.05, 3.63) is 24.4 Å². The fraction of sp³-hybridized carbons (Fsp3) is 0.571. The van der Waals surface area contributed by atoms with Crippen molar-refractivity contribution in [1.82, 2.24) is 10.3 Å². The Kier molecular flexibility index (Phi) is 13.4. The van der Waals surface area contributed by atoms with E-state index >= 15 is 0 Å². The van der Waals surface area contributed by atoms with Gasteiger partial charge in [-0.1, -0.05) is 13.0 Å². The molecule has 4 N–H and O–H groups in total. The molecule has 0 aliphatic rings. The van der Waals surface area contributed by atoms with E-state index in [0.29, 0.717) is 6.54 Å². The maximum absolute atomic E-state index is 11.6. The highest BCUT2D eigenvalue weighted by molar-refractivity contribution is 5.85. The highest BCUT2D eigenvalue weighted by Gasteiger charge is 2.15. The van der Waals surface area contributed by atoms with Crippen LogP contribution in [0.3, 0.4) is 0 Å². The number of hydrogen-bond donors (Lipinski definition) is 3. The molecule has 0 fully saturated rings. The van der Waals surface area contributed by atoms with E-state index in [1.54, 1.807) is 6.20 Å². The van der Waals surface area contributed by atoms with Crippen LogP contribution in [0.4, 0.5) is 5.82 Å². The molecular formula is C14H26Cl2N4O. The van der Waals surface area contributed by atoms with Crippen LogP contribution in [0.15, 0.2) is 24.4 Å². The SMILES string of the molecule is CC(N)C(C)C(=O)NCCCCNc1ccccn1.Cl.Cl. The van der Waals surface area contributed by atoms with Crippen molar-refractivity contribution in [2.24, 2.45) is 11.7 Å². The number of nitrogens with two attached hydrogens (primary N) is 1. The van der Waals surface area contributed by atoms with Gasteiger partial charge in [-0.25, -0.2) is 4.98 Å². The number of halogens is 2. The van der Waals surface area contributed by atoms with Crippen LogP contribution in [0.2, 0.25) is 0 Å². The average molecular weight is 337 g/mol. The van der Waals surface area contributed by atoms with Crippen molar-refractivity contribution in [2.45, 2.75) is 32.7 Å². The first-order chi connectivity index (χ1) is 9.11. The molecule has 2 unspecified atom stereocenters. The van der Waals surface area contributed by atoms with Crippen molar-refractivity contribution in [1.29, 1.82) is 0 Å². The predicted molar refractivity (Wildman–Crippen MR) is 92.3 cm³/mol. The Morgan fingerprint density at radius 2 is 1.90 bits per heavy atom. The molecule has 0 saturated carbocycles. The standard InChI is InChI=1S/C14H24N4O.2ClH/c1-11(12(2)15)14(19)18-10-6-5-9-17-13-7-3-4-8-16-13;;/h3-4,7-8,11-12H,5-6,9-10,15H2,1-2H3,(H,16,17)(H,18,19);2*1H. The zero-order valence-electron chi connectivity index (χ0n) is 12.5. The van der Waals surface area contributed by atoms with Gasteiger partial charge in [-0.05, 0) is 31.9 Å². The minimum atomic E-state index is -0.133. The quantitative estimate of drug-likeness (QED) is 0.636. The van der Waals surface area contributed by atoms with Gasteiger partial charge in [0.05, 0.1) is 0 Å². The minimum Gasteiger partial charge on any atom is -0.370 e. The number of unbranched alkanes of at least 4 members (excludes halogenated alkanes) is 1. The van der Waals surface area contributed by atoms with Gasteiger partial charge >= 0.3 is 0 Å². The highest BCUT2D eigenvalue weighted by atomic mass is 35.5.